The molecule has 0 aliphatic rings. The third-order valence-corrected chi connectivity index (χ3v) is 7.67. The van der Waals surface area contributed by atoms with Gasteiger partial charge in [0.05, 0.1) is 16.6 Å². The van der Waals surface area contributed by atoms with Gasteiger partial charge in [-0.25, -0.2) is 0 Å². The average molecular weight is 485 g/mol. The van der Waals surface area contributed by atoms with Crippen molar-refractivity contribution in [1.82, 2.24) is 4.40 Å². The minimum absolute atomic E-state index is 1.08. The second kappa shape index (κ2) is 8.22. The zero-order chi connectivity index (χ0) is 25.1. The Hall–Kier alpha value is -5.08. The number of hydrogen-bond donors (Lipinski definition) is 1. The molecule has 0 saturated heterocycles. The van der Waals surface area contributed by atoms with Crippen LogP contribution in [0.25, 0.3) is 60.3 Å². The summed E-state index contributed by atoms with van der Waals surface area (Å²) in [6.07, 6.45) is 0. The molecule has 8 aromatic rings. The summed E-state index contributed by atoms with van der Waals surface area (Å²) in [4.78, 5) is 0. The maximum atomic E-state index is 3.83. The molecule has 0 bridgehead atoms. The molecule has 2 heterocycles. The van der Waals surface area contributed by atoms with Gasteiger partial charge >= 0.3 is 0 Å². The van der Waals surface area contributed by atoms with Gasteiger partial charge in [-0.2, -0.15) is 0 Å². The van der Waals surface area contributed by atoms with E-state index in [0.717, 1.165) is 11.4 Å². The first kappa shape index (κ1) is 21.0. The number of hydrogen-bond acceptors (Lipinski definition) is 1. The highest BCUT2D eigenvalue weighted by atomic mass is 14.9. The predicted octanol–water partition coefficient (Wildman–Crippen LogP) is 9.91. The summed E-state index contributed by atoms with van der Waals surface area (Å²) in [7, 11) is 0. The molecule has 6 aromatic carbocycles. The second-order valence-electron chi connectivity index (χ2n) is 9.91. The molecule has 0 spiro atoms. The first-order valence-electron chi connectivity index (χ1n) is 13.0. The van der Waals surface area contributed by atoms with Gasteiger partial charge in [-0.05, 0) is 58.7 Å². The lowest BCUT2D eigenvalue weighted by atomic mass is 9.98. The van der Waals surface area contributed by atoms with Crippen molar-refractivity contribution in [2.75, 3.05) is 5.32 Å². The zero-order valence-electron chi connectivity index (χ0n) is 20.7. The molecule has 0 fully saturated rings. The first-order valence-corrected chi connectivity index (χ1v) is 13.0. The van der Waals surface area contributed by atoms with Gasteiger partial charge in [0.1, 0.15) is 0 Å². The van der Waals surface area contributed by atoms with Crippen LogP contribution in [0.3, 0.4) is 0 Å². The Kier molecular flexibility index (Phi) is 4.55. The summed E-state index contributed by atoms with van der Waals surface area (Å²) in [6.45, 7) is 0. The molecule has 0 amide bonds. The maximum absolute atomic E-state index is 3.83. The van der Waals surface area contributed by atoms with Gasteiger partial charge in [-0.15, -0.1) is 0 Å². The highest BCUT2D eigenvalue weighted by Gasteiger charge is 2.19. The molecular formula is C36H24N2. The van der Waals surface area contributed by atoms with Crippen LogP contribution in [0.2, 0.25) is 0 Å². The third-order valence-electron chi connectivity index (χ3n) is 7.67. The number of fused-ring (bicyclic) bond motifs is 6. The Labute approximate surface area is 220 Å². The Balaban J connectivity index is 1.35. The van der Waals surface area contributed by atoms with Crippen molar-refractivity contribution in [3.8, 4) is 22.3 Å². The van der Waals surface area contributed by atoms with E-state index < -0.39 is 0 Å². The van der Waals surface area contributed by atoms with Crippen LogP contribution in [0.4, 0.5) is 11.4 Å². The van der Waals surface area contributed by atoms with E-state index in [4.69, 9.17) is 0 Å². The monoisotopic (exact) mass is 484 g/mol. The van der Waals surface area contributed by atoms with Crippen LogP contribution in [0.5, 0.6) is 0 Å². The largest absolute Gasteiger partial charge is 0.355 e. The molecule has 8 rings (SSSR count). The van der Waals surface area contributed by atoms with Gasteiger partial charge in [-0.3, -0.25) is 0 Å². The minimum atomic E-state index is 1.08. The molecular weight excluding hydrogens is 460 g/mol. The molecule has 0 atom stereocenters. The Bertz CT molecular complexity index is 2030. The molecule has 0 aliphatic carbocycles. The molecule has 2 aromatic heterocycles. The van der Waals surface area contributed by atoms with Crippen molar-refractivity contribution in [1.29, 1.82) is 0 Å². The Morgan fingerprint density at radius 3 is 1.74 bits per heavy atom. The lowest BCUT2D eigenvalue weighted by molar-refractivity contribution is 1.37. The van der Waals surface area contributed by atoms with Gasteiger partial charge < -0.3 is 9.72 Å². The van der Waals surface area contributed by atoms with E-state index in [2.05, 4.69) is 149 Å². The molecule has 2 heteroatoms. The van der Waals surface area contributed by atoms with Crippen molar-refractivity contribution in [3.63, 3.8) is 0 Å². The van der Waals surface area contributed by atoms with Crippen LogP contribution in [-0.2, 0) is 0 Å². The van der Waals surface area contributed by atoms with Crippen LogP contribution in [-0.4, -0.2) is 4.40 Å². The average Bonchev–Trinajstić information content (AvgIpc) is 3.51. The number of para-hydroxylation sites is 2. The van der Waals surface area contributed by atoms with Gasteiger partial charge in [0, 0.05) is 32.9 Å². The van der Waals surface area contributed by atoms with E-state index in [9.17, 15) is 0 Å². The highest BCUT2D eigenvalue weighted by molar-refractivity contribution is 6.25. The number of anilines is 2. The number of nitrogens with zero attached hydrogens (tertiary/aromatic N) is 1. The summed E-state index contributed by atoms with van der Waals surface area (Å²) >= 11 is 0. The summed E-state index contributed by atoms with van der Waals surface area (Å²) in [6, 6.07) is 50.0. The molecule has 0 saturated carbocycles. The second-order valence-corrected chi connectivity index (χ2v) is 9.91. The van der Waals surface area contributed by atoms with Crippen LogP contribution in [0, 0.1) is 0 Å². The molecule has 0 unspecified atom stereocenters. The van der Waals surface area contributed by atoms with E-state index in [1.54, 1.807) is 0 Å². The van der Waals surface area contributed by atoms with Crippen molar-refractivity contribution in [2.45, 2.75) is 0 Å². The van der Waals surface area contributed by atoms with Crippen molar-refractivity contribution >= 4 is 49.5 Å². The maximum Gasteiger partial charge on any atom is 0.0621 e. The van der Waals surface area contributed by atoms with Crippen molar-refractivity contribution in [3.05, 3.63) is 140 Å². The van der Waals surface area contributed by atoms with Crippen LogP contribution < -0.4 is 5.32 Å². The molecule has 178 valence electrons. The van der Waals surface area contributed by atoms with E-state index >= 15 is 0 Å². The molecule has 1 N–H and O–H groups in total. The molecule has 2 nitrogen and oxygen atoms in total. The fourth-order valence-electron chi connectivity index (χ4n) is 6.03. The number of aromatic nitrogens is 1. The summed E-state index contributed by atoms with van der Waals surface area (Å²) < 4.78 is 2.43. The highest BCUT2D eigenvalue weighted by Crippen LogP contribution is 2.42. The zero-order valence-corrected chi connectivity index (χ0v) is 20.7. The topological polar surface area (TPSA) is 16.4 Å². The fraction of sp³-hybridized carbons (Fsp3) is 0. The smallest absolute Gasteiger partial charge is 0.0621 e. The van der Waals surface area contributed by atoms with Crippen molar-refractivity contribution in [2.24, 2.45) is 0 Å². The number of rotatable bonds is 4. The van der Waals surface area contributed by atoms with Gasteiger partial charge in [0.2, 0.25) is 0 Å². The summed E-state index contributed by atoms with van der Waals surface area (Å²) in [5, 5.41) is 8.96. The van der Waals surface area contributed by atoms with E-state index in [1.165, 1.54) is 60.3 Å². The van der Waals surface area contributed by atoms with Crippen LogP contribution >= 0.6 is 0 Å². The quantitative estimate of drug-likeness (QED) is 0.263. The Morgan fingerprint density at radius 2 is 1.00 bits per heavy atom. The normalized spacial score (nSPS) is 11.7. The molecule has 0 aliphatic heterocycles. The number of nitrogens with one attached hydrogen (secondary N) is 1. The fourth-order valence-corrected chi connectivity index (χ4v) is 6.03. The SMILES string of the molecule is c1ccc(-c2cc(Nc3cccc4c3c3cccc5c6ccccc6n4c53)cc(-c3ccccc3)c2)cc1. The van der Waals surface area contributed by atoms with Crippen LogP contribution in [0.15, 0.2) is 140 Å². The molecule has 38 heavy (non-hydrogen) atoms. The van der Waals surface area contributed by atoms with Gasteiger partial charge in [-0.1, -0.05) is 103 Å². The van der Waals surface area contributed by atoms with E-state index in [1.807, 2.05) is 0 Å². The lowest BCUT2D eigenvalue weighted by Crippen LogP contribution is -1.93. The van der Waals surface area contributed by atoms with Gasteiger partial charge in [0.15, 0.2) is 0 Å². The Morgan fingerprint density at radius 1 is 0.421 bits per heavy atom. The predicted molar refractivity (Wildman–Crippen MR) is 162 cm³/mol. The van der Waals surface area contributed by atoms with Crippen LogP contribution in [0.1, 0.15) is 0 Å². The lowest BCUT2D eigenvalue weighted by Gasteiger charge is -2.14. The summed E-state index contributed by atoms with van der Waals surface area (Å²) in [5.41, 5.74) is 10.8. The van der Waals surface area contributed by atoms with Gasteiger partial charge in [0.25, 0.3) is 0 Å². The van der Waals surface area contributed by atoms with E-state index in [-0.39, 0.29) is 0 Å². The first-order chi connectivity index (χ1) is 18.8. The van der Waals surface area contributed by atoms with E-state index in [0.29, 0.717) is 0 Å². The third kappa shape index (κ3) is 3.14. The minimum Gasteiger partial charge on any atom is -0.355 e. The summed E-state index contributed by atoms with van der Waals surface area (Å²) in [5.74, 6) is 0. The van der Waals surface area contributed by atoms with Crippen molar-refractivity contribution < 1.29 is 0 Å². The molecule has 0 radical (unpaired) electrons. The number of benzene rings is 6. The standard InChI is InChI=1S/C36H24N2/c1-3-11-24(12-4-1)26-21-27(25-13-5-2-6-14-25)23-28(22-26)37-32-18-10-20-34-35(32)31-17-9-16-30-29-15-7-8-19-33(29)38(34)36(30)31/h1-23,37H.